The second-order valence-electron chi connectivity index (χ2n) is 5.83. The van der Waals surface area contributed by atoms with Gasteiger partial charge in [0.25, 0.3) is 0 Å². The minimum absolute atomic E-state index is 0. The molecule has 1 aromatic rings. The maximum Gasteiger partial charge on any atom is 0.247 e. The number of nitrogens with zero attached hydrogens (tertiary/aromatic N) is 1. The number of halogens is 1. The number of nitrogen functional groups attached to an aromatic ring is 1. The van der Waals surface area contributed by atoms with Gasteiger partial charge in [0.2, 0.25) is 11.8 Å². The number of ether oxygens (including phenoxy) is 1. The van der Waals surface area contributed by atoms with Gasteiger partial charge >= 0.3 is 0 Å². The van der Waals surface area contributed by atoms with E-state index >= 15 is 0 Å². The largest absolute Gasteiger partial charge is 0.495 e. The third-order valence-electron chi connectivity index (χ3n) is 3.84. The molecule has 0 radical (unpaired) electrons. The predicted molar refractivity (Wildman–Crippen MR) is 92.9 cm³/mol. The standard InChI is InChI=1S/C16H23N3O3.ClH/c1-10(2)15(19-8-4-5-14(19)20)16(21)18-11-6-7-13(22-3)12(17)9-11;/h6-7,9-10,15H,4-5,8,17H2,1-3H3,(H,18,21);1H. The zero-order valence-electron chi connectivity index (χ0n) is 13.7. The quantitative estimate of drug-likeness (QED) is 0.805. The number of nitrogens with one attached hydrogen (secondary N) is 1. The summed E-state index contributed by atoms with van der Waals surface area (Å²) in [6, 6.07) is 4.63. The van der Waals surface area contributed by atoms with Crippen molar-refractivity contribution in [2.45, 2.75) is 32.7 Å². The van der Waals surface area contributed by atoms with E-state index in [2.05, 4.69) is 5.32 Å². The molecule has 3 N–H and O–H groups in total. The maximum absolute atomic E-state index is 12.6. The Kier molecular flexibility index (Phi) is 6.69. The molecule has 0 saturated carbocycles. The fourth-order valence-electron chi connectivity index (χ4n) is 2.80. The Morgan fingerprint density at radius 2 is 2.09 bits per heavy atom. The summed E-state index contributed by atoms with van der Waals surface area (Å²) in [5, 5.41) is 2.84. The van der Waals surface area contributed by atoms with E-state index < -0.39 is 6.04 Å². The van der Waals surface area contributed by atoms with E-state index in [9.17, 15) is 9.59 Å². The Morgan fingerprint density at radius 3 is 2.57 bits per heavy atom. The SMILES string of the molecule is COc1ccc(NC(=O)C(C(C)C)N2CCCC2=O)cc1N.Cl. The van der Waals surface area contributed by atoms with E-state index in [-0.39, 0.29) is 30.1 Å². The van der Waals surface area contributed by atoms with Gasteiger partial charge in [0.15, 0.2) is 0 Å². The molecule has 1 aliphatic rings. The number of benzene rings is 1. The molecule has 1 atom stereocenters. The number of hydrogen-bond acceptors (Lipinski definition) is 4. The van der Waals surface area contributed by atoms with E-state index in [4.69, 9.17) is 10.5 Å². The van der Waals surface area contributed by atoms with Crippen LogP contribution in [0.15, 0.2) is 18.2 Å². The number of nitrogens with two attached hydrogens (primary N) is 1. The van der Waals surface area contributed by atoms with Gasteiger partial charge in [-0.2, -0.15) is 0 Å². The number of hydrogen-bond donors (Lipinski definition) is 2. The van der Waals surface area contributed by atoms with Crippen LogP contribution in [0.5, 0.6) is 5.75 Å². The highest BCUT2D eigenvalue weighted by molar-refractivity contribution is 5.98. The smallest absolute Gasteiger partial charge is 0.247 e. The summed E-state index contributed by atoms with van der Waals surface area (Å²) in [6.07, 6.45) is 1.33. The van der Waals surface area contributed by atoms with Crippen LogP contribution >= 0.6 is 12.4 Å². The zero-order valence-corrected chi connectivity index (χ0v) is 14.5. The lowest BCUT2D eigenvalue weighted by atomic mass is 10.0. The van der Waals surface area contributed by atoms with Gasteiger partial charge in [0.1, 0.15) is 11.8 Å². The minimum atomic E-state index is -0.460. The topological polar surface area (TPSA) is 84.7 Å². The number of rotatable bonds is 5. The molecule has 128 valence electrons. The number of anilines is 2. The van der Waals surface area contributed by atoms with Crippen molar-refractivity contribution < 1.29 is 14.3 Å². The lowest BCUT2D eigenvalue weighted by Crippen LogP contribution is -2.47. The molecule has 1 aromatic carbocycles. The van der Waals surface area contributed by atoms with Gasteiger partial charge in [-0.25, -0.2) is 0 Å². The third kappa shape index (κ3) is 4.28. The highest BCUT2D eigenvalue weighted by atomic mass is 35.5. The lowest BCUT2D eigenvalue weighted by Gasteiger charge is -2.29. The average Bonchev–Trinajstić information content (AvgIpc) is 2.85. The normalized spacial score (nSPS) is 15.3. The van der Waals surface area contributed by atoms with Gasteiger partial charge in [-0.1, -0.05) is 13.8 Å². The number of carbonyl (C=O) groups excluding carboxylic acids is 2. The summed E-state index contributed by atoms with van der Waals surface area (Å²) >= 11 is 0. The summed E-state index contributed by atoms with van der Waals surface area (Å²) in [7, 11) is 1.54. The summed E-state index contributed by atoms with van der Waals surface area (Å²) in [6.45, 7) is 4.52. The van der Waals surface area contributed by atoms with Gasteiger partial charge in [-0.15, -0.1) is 12.4 Å². The minimum Gasteiger partial charge on any atom is -0.495 e. The van der Waals surface area contributed by atoms with E-state index in [0.29, 0.717) is 30.1 Å². The van der Waals surface area contributed by atoms with Gasteiger partial charge < -0.3 is 20.7 Å². The predicted octanol–water partition coefficient (Wildman–Crippen LogP) is 2.28. The fourth-order valence-corrected chi connectivity index (χ4v) is 2.80. The molecule has 1 heterocycles. The highest BCUT2D eigenvalue weighted by Crippen LogP contribution is 2.26. The molecule has 0 spiro atoms. The molecule has 1 unspecified atom stereocenters. The van der Waals surface area contributed by atoms with Gasteiger partial charge in [0.05, 0.1) is 12.8 Å². The Hall–Kier alpha value is -1.95. The number of carbonyl (C=O) groups is 2. The van der Waals surface area contributed by atoms with Crippen molar-refractivity contribution in [1.29, 1.82) is 0 Å². The van der Waals surface area contributed by atoms with E-state index in [1.54, 1.807) is 23.1 Å². The first-order valence-electron chi connectivity index (χ1n) is 7.48. The Morgan fingerprint density at radius 1 is 1.39 bits per heavy atom. The maximum atomic E-state index is 12.6. The summed E-state index contributed by atoms with van der Waals surface area (Å²) in [5.74, 6) is 0.462. The molecular weight excluding hydrogens is 318 g/mol. The van der Waals surface area contributed by atoms with Crippen LogP contribution in [0.1, 0.15) is 26.7 Å². The molecule has 1 aliphatic heterocycles. The Balaban J connectivity index is 0.00000264. The van der Waals surface area contributed by atoms with Crippen molar-refractivity contribution in [2.24, 2.45) is 5.92 Å². The number of methoxy groups -OCH3 is 1. The summed E-state index contributed by atoms with van der Waals surface area (Å²) in [5.41, 5.74) is 6.90. The molecule has 1 fully saturated rings. The molecular formula is C16H24ClN3O3. The molecule has 7 heteroatoms. The van der Waals surface area contributed by atoms with Crippen LogP contribution in [-0.4, -0.2) is 36.4 Å². The van der Waals surface area contributed by atoms with E-state index in [1.165, 1.54) is 7.11 Å². The van der Waals surface area contributed by atoms with Crippen molar-refractivity contribution in [3.8, 4) is 5.75 Å². The van der Waals surface area contributed by atoms with Crippen molar-refractivity contribution in [3.05, 3.63) is 18.2 Å². The van der Waals surface area contributed by atoms with Crippen LogP contribution in [0.3, 0.4) is 0 Å². The van der Waals surface area contributed by atoms with Crippen molar-refractivity contribution >= 4 is 35.6 Å². The number of amides is 2. The van der Waals surface area contributed by atoms with Crippen molar-refractivity contribution in [3.63, 3.8) is 0 Å². The van der Waals surface area contributed by atoms with Crippen LogP contribution in [0.25, 0.3) is 0 Å². The second-order valence-corrected chi connectivity index (χ2v) is 5.83. The molecule has 2 amide bonds. The molecule has 0 aliphatic carbocycles. The summed E-state index contributed by atoms with van der Waals surface area (Å²) < 4.78 is 5.10. The van der Waals surface area contributed by atoms with Crippen LogP contribution in [0.4, 0.5) is 11.4 Å². The molecule has 23 heavy (non-hydrogen) atoms. The van der Waals surface area contributed by atoms with Crippen molar-refractivity contribution in [1.82, 2.24) is 4.90 Å². The van der Waals surface area contributed by atoms with Crippen LogP contribution in [0.2, 0.25) is 0 Å². The second kappa shape index (κ2) is 8.06. The lowest BCUT2D eigenvalue weighted by molar-refractivity contribution is -0.136. The molecule has 2 rings (SSSR count). The summed E-state index contributed by atoms with van der Waals surface area (Å²) in [4.78, 5) is 26.2. The van der Waals surface area contributed by atoms with Gasteiger partial charge in [-0.05, 0) is 30.5 Å². The first kappa shape index (κ1) is 19.1. The van der Waals surface area contributed by atoms with Crippen molar-refractivity contribution in [2.75, 3.05) is 24.7 Å². The molecule has 1 saturated heterocycles. The van der Waals surface area contributed by atoms with Crippen LogP contribution in [-0.2, 0) is 9.59 Å². The molecule has 0 aromatic heterocycles. The molecule has 0 bridgehead atoms. The van der Waals surface area contributed by atoms with Gasteiger partial charge in [0, 0.05) is 18.7 Å². The monoisotopic (exact) mass is 341 g/mol. The third-order valence-corrected chi connectivity index (χ3v) is 3.84. The van der Waals surface area contributed by atoms with Gasteiger partial charge in [-0.3, -0.25) is 9.59 Å². The number of likely N-dealkylation sites (tertiary alicyclic amines) is 1. The Labute approximate surface area is 142 Å². The van der Waals surface area contributed by atoms with E-state index in [0.717, 1.165) is 6.42 Å². The fraction of sp³-hybridized carbons (Fsp3) is 0.500. The first-order chi connectivity index (χ1) is 10.4. The Bertz CT molecular complexity index is 578. The zero-order chi connectivity index (χ0) is 16.3. The van der Waals surface area contributed by atoms with E-state index in [1.807, 2.05) is 13.8 Å². The first-order valence-corrected chi connectivity index (χ1v) is 7.48. The molecule has 6 nitrogen and oxygen atoms in total. The average molecular weight is 342 g/mol. The van der Waals surface area contributed by atoms with Crippen LogP contribution < -0.4 is 15.8 Å². The van der Waals surface area contributed by atoms with Crippen LogP contribution in [0, 0.1) is 5.92 Å². The highest BCUT2D eigenvalue weighted by Gasteiger charge is 2.34.